The van der Waals surface area contributed by atoms with Crippen molar-refractivity contribution in [3.05, 3.63) is 23.8 Å². The van der Waals surface area contributed by atoms with E-state index in [9.17, 15) is 9.90 Å². The molecule has 0 bridgehead atoms. The average Bonchev–Trinajstić information content (AvgIpc) is 2.59. The summed E-state index contributed by atoms with van der Waals surface area (Å²) < 4.78 is 5.39. The molecule has 2 aliphatic rings. The Balaban J connectivity index is 2.19. The van der Waals surface area contributed by atoms with E-state index in [0.29, 0.717) is 12.0 Å². The molecule has 3 heteroatoms. The maximum Gasteiger partial charge on any atom is 0.334 e. The molecule has 18 heavy (non-hydrogen) atoms. The van der Waals surface area contributed by atoms with Gasteiger partial charge in [-0.15, -0.1) is 0 Å². The number of fused-ring (bicyclic) bond motifs is 1. The van der Waals surface area contributed by atoms with Gasteiger partial charge >= 0.3 is 5.97 Å². The lowest BCUT2D eigenvalue weighted by molar-refractivity contribution is -0.140. The molecule has 1 aliphatic heterocycles. The van der Waals surface area contributed by atoms with Crippen LogP contribution in [0.1, 0.15) is 39.5 Å². The van der Waals surface area contributed by atoms with Crippen molar-refractivity contribution < 1.29 is 14.6 Å². The fourth-order valence-electron chi connectivity index (χ4n) is 2.81. The van der Waals surface area contributed by atoms with Gasteiger partial charge in [-0.2, -0.15) is 0 Å². The van der Waals surface area contributed by atoms with Gasteiger partial charge < -0.3 is 9.84 Å². The summed E-state index contributed by atoms with van der Waals surface area (Å²) in [7, 11) is 0. The van der Waals surface area contributed by atoms with Crippen LogP contribution < -0.4 is 0 Å². The molecule has 2 rings (SSSR count). The first-order chi connectivity index (χ1) is 8.49. The molecule has 3 nitrogen and oxygen atoms in total. The van der Waals surface area contributed by atoms with Crippen molar-refractivity contribution in [2.45, 2.75) is 51.7 Å². The van der Waals surface area contributed by atoms with E-state index in [0.717, 1.165) is 19.3 Å². The molecule has 100 valence electrons. The summed E-state index contributed by atoms with van der Waals surface area (Å²) in [6.07, 6.45) is 4.94. The molecule has 1 N–H and O–H groups in total. The Morgan fingerprint density at radius 1 is 1.50 bits per heavy atom. The number of aliphatic hydroxyl groups is 1. The largest absolute Gasteiger partial charge is 0.458 e. The number of ether oxygens (including phenoxy) is 1. The molecule has 0 aromatic carbocycles. The zero-order valence-electron chi connectivity index (χ0n) is 11.2. The van der Waals surface area contributed by atoms with Crippen molar-refractivity contribution in [2.24, 2.45) is 11.8 Å². The Bertz CT molecular complexity index is 383. The van der Waals surface area contributed by atoms with E-state index < -0.39 is 0 Å². The van der Waals surface area contributed by atoms with Crippen molar-refractivity contribution in [3.63, 3.8) is 0 Å². The van der Waals surface area contributed by atoms with Gasteiger partial charge in [0.05, 0.1) is 6.10 Å². The molecule has 0 saturated carbocycles. The SMILES string of the molecule is C=C1C(=O)O[C@@H]2C[C@H](C)[C@H](O)C/C=C(/C)CC[C@@H]12. The van der Waals surface area contributed by atoms with E-state index >= 15 is 0 Å². The lowest BCUT2D eigenvalue weighted by atomic mass is 9.83. The third-order valence-corrected chi connectivity index (χ3v) is 4.24. The Morgan fingerprint density at radius 3 is 2.94 bits per heavy atom. The molecule has 1 aliphatic carbocycles. The van der Waals surface area contributed by atoms with Crippen LogP contribution in [-0.2, 0) is 9.53 Å². The van der Waals surface area contributed by atoms with Crippen molar-refractivity contribution >= 4 is 5.97 Å². The van der Waals surface area contributed by atoms with Crippen LogP contribution in [0.25, 0.3) is 0 Å². The van der Waals surface area contributed by atoms with Crippen LogP contribution in [-0.4, -0.2) is 23.3 Å². The predicted molar refractivity (Wildman–Crippen MR) is 69.9 cm³/mol. The van der Waals surface area contributed by atoms with Crippen LogP contribution in [0.5, 0.6) is 0 Å². The number of hydrogen-bond acceptors (Lipinski definition) is 3. The molecule has 1 saturated heterocycles. The monoisotopic (exact) mass is 250 g/mol. The lowest BCUT2D eigenvalue weighted by Gasteiger charge is -2.25. The summed E-state index contributed by atoms with van der Waals surface area (Å²) >= 11 is 0. The van der Waals surface area contributed by atoms with Gasteiger partial charge in [-0.3, -0.25) is 0 Å². The van der Waals surface area contributed by atoms with Gasteiger partial charge in [0.15, 0.2) is 0 Å². The minimum atomic E-state index is -0.355. The molecule has 0 aromatic rings. The Labute approximate surface area is 109 Å². The van der Waals surface area contributed by atoms with E-state index in [1.807, 2.05) is 6.92 Å². The summed E-state index contributed by atoms with van der Waals surface area (Å²) in [5, 5.41) is 10.1. The van der Waals surface area contributed by atoms with Crippen LogP contribution in [0.3, 0.4) is 0 Å². The zero-order chi connectivity index (χ0) is 13.3. The maximum absolute atomic E-state index is 11.6. The van der Waals surface area contributed by atoms with Crippen LogP contribution in [0.4, 0.5) is 0 Å². The quantitative estimate of drug-likeness (QED) is 0.408. The number of carbonyl (C=O) groups excluding carboxylic acids is 1. The number of esters is 1. The highest BCUT2D eigenvalue weighted by Gasteiger charge is 2.39. The normalized spacial score (nSPS) is 40.7. The van der Waals surface area contributed by atoms with Crippen LogP contribution >= 0.6 is 0 Å². The fraction of sp³-hybridized carbons (Fsp3) is 0.667. The average molecular weight is 250 g/mol. The highest BCUT2D eigenvalue weighted by molar-refractivity contribution is 5.90. The second kappa shape index (κ2) is 5.27. The van der Waals surface area contributed by atoms with E-state index in [2.05, 4.69) is 19.6 Å². The second-order valence-electron chi connectivity index (χ2n) is 5.68. The summed E-state index contributed by atoms with van der Waals surface area (Å²) in [5.41, 5.74) is 1.88. The van der Waals surface area contributed by atoms with Crippen molar-refractivity contribution in [1.82, 2.24) is 0 Å². The zero-order valence-corrected chi connectivity index (χ0v) is 11.2. The van der Waals surface area contributed by atoms with Crippen LogP contribution in [0, 0.1) is 11.8 Å². The van der Waals surface area contributed by atoms with Crippen LogP contribution in [0.2, 0.25) is 0 Å². The highest BCUT2D eigenvalue weighted by Crippen LogP contribution is 2.36. The molecule has 0 aromatic heterocycles. The molecule has 0 radical (unpaired) electrons. The highest BCUT2D eigenvalue weighted by atomic mass is 16.6. The van der Waals surface area contributed by atoms with Gasteiger partial charge in [-0.25, -0.2) is 4.79 Å². The maximum atomic E-state index is 11.6. The first-order valence-electron chi connectivity index (χ1n) is 6.72. The molecule has 1 heterocycles. The van der Waals surface area contributed by atoms with E-state index in [1.165, 1.54) is 5.57 Å². The number of hydrogen-bond donors (Lipinski definition) is 1. The molecule has 0 unspecified atom stereocenters. The van der Waals surface area contributed by atoms with Gasteiger partial charge in [-0.05, 0) is 38.5 Å². The van der Waals surface area contributed by atoms with Gasteiger partial charge in [-0.1, -0.05) is 25.2 Å². The minimum Gasteiger partial charge on any atom is -0.458 e. The van der Waals surface area contributed by atoms with Gasteiger partial charge in [0.25, 0.3) is 0 Å². The van der Waals surface area contributed by atoms with E-state index in [4.69, 9.17) is 4.74 Å². The minimum absolute atomic E-state index is 0.0967. The van der Waals surface area contributed by atoms with Crippen molar-refractivity contribution in [1.29, 1.82) is 0 Å². The Kier molecular flexibility index (Phi) is 3.91. The molecule has 1 fully saturated rings. The van der Waals surface area contributed by atoms with Gasteiger partial charge in [0.2, 0.25) is 0 Å². The third-order valence-electron chi connectivity index (χ3n) is 4.24. The standard InChI is InChI=1S/C15H22O3/c1-9-4-6-12-11(3)15(17)18-14(12)8-10(2)13(16)7-5-9/h5,10,12-14,16H,3-4,6-8H2,1-2H3/b9-5-/t10-,12-,13+,14+/m0/s1. The molecular formula is C15H22O3. The summed E-state index contributed by atoms with van der Waals surface area (Å²) in [4.78, 5) is 11.6. The van der Waals surface area contributed by atoms with Crippen molar-refractivity contribution in [3.8, 4) is 0 Å². The molecule has 0 amide bonds. The molecule has 4 atom stereocenters. The second-order valence-corrected chi connectivity index (χ2v) is 5.68. The molecule has 0 spiro atoms. The summed E-state index contributed by atoms with van der Waals surface area (Å²) in [6, 6.07) is 0. The lowest BCUT2D eigenvalue weighted by Crippen LogP contribution is -2.27. The fourth-order valence-corrected chi connectivity index (χ4v) is 2.81. The summed E-state index contributed by atoms with van der Waals surface area (Å²) in [6.45, 7) is 7.95. The van der Waals surface area contributed by atoms with Crippen molar-refractivity contribution in [2.75, 3.05) is 0 Å². The first-order valence-corrected chi connectivity index (χ1v) is 6.72. The predicted octanol–water partition coefficient (Wildman–Crippen LogP) is 2.60. The topological polar surface area (TPSA) is 46.5 Å². The van der Waals surface area contributed by atoms with E-state index in [1.54, 1.807) is 0 Å². The number of rotatable bonds is 0. The van der Waals surface area contributed by atoms with Gasteiger partial charge in [0, 0.05) is 11.5 Å². The van der Waals surface area contributed by atoms with Gasteiger partial charge in [0.1, 0.15) is 6.10 Å². The van der Waals surface area contributed by atoms with Crippen LogP contribution in [0.15, 0.2) is 23.8 Å². The van der Waals surface area contributed by atoms with E-state index in [-0.39, 0.29) is 30.0 Å². The Hall–Kier alpha value is -1.09. The summed E-state index contributed by atoms with van der Waals surface area (Å²) in [5.74, 6) is -0.000445. The first kappa shape index (κ1) is 13.3. The number of aliphatic hydroxyl groups excluding tert-OH is 1. The smallest absolute Gasteiger partial charge is 0.334 e. The molecular weight excluding hydrogens is 228 g/mol. The number of allylic oxidation sites excluding steroid dienone is 1. The Morgan fingerprint density at radius 2 is 2.22 bits per heavy atom. The number of carbonyl (C=O) groups is 1. The third kappa shape index (κ3) is 2.66.